The Hall–Kier alpha value is -1.88. The van der Waals surface area contributed by atoms with E-state index in [4.69, 9.17) is 0 Å². The average molecular weight is 272 g/mol. The zero-order valence-corrected chi connectivity index (χ0v) is 11.9. The van der Waals surface area contributed by atoms with Crippen molar-refractivity contribution >= 4 is 27.4 Å². The highest BCUT2D eigenvalue weighted by Crippen LogP contribution is 2.33. The SMILES string of the molecule is CCNc1nnc(-c2cc3ccccc3s2)n1CC. The Balaban J connectivity index is 2.10. The minimum Gasteiger partial charge on any atom is -0.355 e. The minimum atomic E-state index is 0.845. The number of benzene rings is 1. The number of rotatable bonds is 4. The molecule has 0 atom stereocenters. The van der Waals surface area contributed by atoms with E-state index in [1.54, 1.807) is 11.3 Å². The van der Waals surface area contributed by atoms with Crippen LogP contribution in [0.5, 0.6) is 0 Å². The lowest BCUT2D eigenvalue weighted by molar-refractivity contribution is 0.771. The van der Waals surface area contributed by atoms with Crippen molar-refractivity contribution < 1.29 is 0 Å². The molecule has 3 rings (SSSR count). The van der Waals surface area contributed by atoms with Crippen LogP contribution in [0, 0.1) is 0 Å². The Morgan fingerprint density at radius 3 is 2.79 bits per heavy atom. The van der Waals surface area contributed by atoms with Gasteiger partial charge in [0.15, 0.2) is 5.82 Å². The van der Waals surface area contributed by atoms with Gasteiger partial charge in [0.05, 0.1) is 4.88 Å². The topological polar surface area (TPSA) is 42.7 Å². The second-order valence-corrected chi connectivity index (χ2v) is 5.35. The summed E-state index contributed by atoms with van der Waals surface area (Å²) in [6.45, 7) is 5.89. The van der Waals surface area contributed by atoms with E-state index < -0.39 is 0 Å². The lowest BCUT2D eigenvalue weighted by Gasteiger charge is -2.06. The van der Waals surface area contributed by atoms with Crippen molar-refractivity contribution in [2.24, 2.45) is 0 Å². The lowest BCUT2D eigenvalue weighted by Crippen LogP contribution is -2.06. The van der Waals surface area contributed by atoms with Gasteiger partial charge in [-0.25, -0.2) is 0 Å². The Kier molecular flexibility index (Phi) is 3.21. The van der Waals surface area contributed by atoms with Crippen LogP contribution in [0.25, 0.3) is 20.8 Å². The van der Waals surface area contributed by atoms with Crippen LogP contribution in [-0.4, -0.2) is 21.3 Å². The van der Waals surface area contributed by atoms with Gasteiger partial charge in [-0.3, -0.25) is 4.57 Å². The largest absolute Gasteiger partial charge is 0.355 e. The van der Waals surface area contributed by atoms with E-state index in [9.17, 15) is 0 Å². The number of thiophene rings is 1. The molecule has 2 aromatic heterocycles. The molecule has 0 unspecified atom stereocenters. The number of anilines is 1. The van der Waals surface area contributed by atoms with E-state index in [-0.39, 0.29) is 0 Å². The van der Waals surface area contributed by atoms with Crippen LogP contribution < -0.4 is 5.32 Å². The van der Waals surface area contributed by atoms with Crippen molar-refractivity contribution in [3.63, 3.8) is 0 Å². The third kappa shape index (κ3) is 2.10. The maximum absolute atomic E-state index is 4.33. The van der Waals surface area contributed by atoms with E-state index in [2.05, 4.69) is 64.3 Å². The molecule has 0 saturated carbocycles. The highest BCUT2D eigenvalue weighted by Gasteiger charge is 2.14. The molecular weight excluding hydrogens is 256 g/mol. The molecule has 0 fully saturated rings. The van der Waals surface area contributed by atoms with Gasteiger partial charge in [0.25, 0.3) is 0 Å². The molecule has 1 N–H and O–H groups in total. The summed E-state index contributed by atoms with van der Waals surface area (Å²) in [5.41, 5.74) is 0. The molecule has 4 nitrogen and oxygen atoms in total. The number of nitrogens with zero attached hydrogens (tertiary/aromatic N) is 3. The molecular formula is C14H16N4S. The number of hydrogen-bond donors (Lipinski definition) is 1. The van der Waals surface area contributed by atoms with Crippen molar-refractivity contribution in [3.05, 3.63) is 30.3 Å². The predicted molar refractivity (Wildman–Crippen MR) is 80.7 cm³/mol. The zero-order valence-electron chi connectivity index (χ0n) is 11.1. The van der Waals surface area contributed by atoms with Crippen LogP contribution >= 0.6 is 11.3 Å². The fourth-order valence-electron chi connectivity index (χ4n) is 2.17. The summed E-state index contributed by atoms with van der Waals surface area (Å²) in [7, 11) is 0. The Morgan fingerprint density at radius 2 is 2.05 bits per heavy atom. The molecule has 0 radical (unpaired) electrons. The summed E-state index contributed by atoms with van der Waals surface area (Å²) in [6, 6.07) is 10.6. The second-order valence-electron chi connectivity index (χ2n) is 4.27. The number of aromatic nitrogens is 3. The van der Waals surface area contributed by atoms with Crippen molar-refractivity contribution in [1.29, 1.82) is 0 Å². The molecule has 0 saturated heterocycles. The first-order chi connectivity index (χ1) is 9.33. The van der Waals surface area contributed by atoms with Crippen LogP contribution in [0.15, 0.2) is 30.3 Å². The normalized spacial score (nSPS) is 11.1. The third-order valence-corrected chi connectivity index (χ3v) is 4.16. The molecule has 0 bridgehead atoms. The highest BCUT2D eigenvalue weighted by molar-refractivity contribution is 7.22. The first-order valence-corrected chi connectivity index (χ1v) is 7.31. The van der Waals surface area contributed by atoms with Gasteiger partial charge < -0.3 is 5.32 Å². The standard InChI is InChI=1S/C14H16N4S/c1-3-15-14-17-16-13(18(14)4-2)12-9-10-7-5-6-8-11(10)19-12/h5-9H,3-4H2,1-2H3,(H,15,17). The van der Waals surface area contributed by atoms with E-state index in [1.807, 2.05) is 0 Å². The van der Waals surface area contributed by atoms with Crippen LogP contribution in [0.4, 0.5) is 5.95 Å². The minimum absolute atomic E-state index is 0.845. The second kappa shape index (κ2) is 5.01. The van der Waals surface area contributed by atoms with Crippen LogP contribution in [0.3, 0.4) is 0 Å². The number of fused-ring (bicyclic) bond motifs is 1. The summed E-state index contributed by atoms with van der Waals surface area (Å²) < 4.78 is 3.40. The summed E-state index contributed by atoms with van der Waals surface area (Å²) in [5.74, 6) is 1.79. The number of nitrogens with one attached hydrogen (secondary N) is 1. The maximum atomic E-state index is 4.33. The van der Waals surface area contributed by atoms with Gasteiger partial charge in [-0.1, -0.05) is 18.2 Å². The molecule has 0 aliphatic rings. The van der Waals surface area contributed by atoms with E-state index in [1.165, 1.54) is 15.0 Å². The maximum Gasteiger partial charge on any atom is 0.224 e. The van der Waals surface area contributed by atoms with E-state index >= 15 is 0 Å². The van der Waals surface area contributed by atoms with Crippen molar-refractivity contribution in [1.82, 2.24) is 14.8 Å². The van der Waals surface area contributed by atoms with Gasteiger partial charge in [-0.15, -0.1) is 21.5 Å². The molecule has 3 aromatic rings. The van der Waals surface area contributed by atoms with Gasteiger partial charge >= 0.3 is 0 Å². The molecule has 0 aliphatic heterocycles. The fraction of sp³-hybridized carbons (Fsp3) is 0.286. The summed E-state index contributed by atoms with van der Waals surface area (Å²) in [4.78, 5) is 1.17. The fourth-order valence-corrected chi connectivity index (χ4v) is 3.22. The quantitative estimate of drug-likeness (QED) is 0.789. The van der Waals surface area contributed by atoms with Crippen LogP contribution in [-0.2, 0) is 6.54 Å². The first-order valence-electron chi connectivity index (χ1n) is 6.49. The van der Waals surface area contributed by atoms with Crippen molar-refractivity contribution in [3.8, 4) is 10.7 Å². The molecule has 2 heterocycles. The molecule has 0 amide bonds. The highest BCUT2D eigenvalue weighted by atomic mass is 32.1. The molecule has 1 aromatic carbocycles. The van der Waals surface area contributed by atoms with Crippen LogP contribution in [0.2, 0.25) is 0 Å². The first kappa shape index (κ1) is 12.2. The molecule has 19 heavy (non-hydrogen) atoms. The van der Waals surface area contributed by atoms with E-state index in [0.717, 1.165) is 24.9 Å². The van der Waals surface area contributed by atoms with Gasteiger partial charge in [0.1, 0.15) is 0 Å². The predicted octanol–water partition coefficient (Wildman–Crippen LogP) is 3.61. The van der Waals surface area contributed by atoms with E-state index in [0.29, 0.717) is 0 Å². The summed E-state index contributed by atoms with van der Waals surface area (Å²) >= 11 is 1.76. The van der Waals surface area contributed by atoms with Gasteiger partial charge in [0, 0.05) is 17.8 Å². The van der Waals surface area contributed by atoms with Gasteiger partial charge in [-0.2, -0.15) is 0 Å². The summed E-state index contributed by atoms with van der Waals surface area (Å²) in [6.07, 6.45) is 0. The monoisotopic (exact) mass is 272 g/mol. The Morgan fingerprint density at radius 1 is 1.21 bits per heavy atom. The average Bonchev–Trinajstić information content (AvgIpc) is 3.01. The van der Waals surface area contributed by atoms with Gasteiger partial charge in [0.2, 0.25) is 5.95 Å². The number of hydrogen-bond acceptors (Lipinski definition) is 4. The zero-order chi connectivity index (χ0) is 13.2. The molecule has 0 aliphatic carbocycles. The summed E-state index contributed by atoms with van der Waals surface area (Å²) in [5, 5.41) is 13.1. The van der Waals surface area contributed by atoms with Crippen molar-refractivity contribution in [2.75, 3.05) is 11.9 Å². The Labute approximate surface area is 116 Å². The van der Waals surface area contributed by atoms with Crippen molar-refractivity contribution in [2.45, 2.75) is 20.4 Å². The third-order valence-electron chi connectivity index (χ3n) is 3.05. The lowest BCUT2D eigenvalue weighted by atomic mass is 10.2. The molecule has 98 valence electrons. The molecule has 0 spiro atoms. The smallest absolute Gasteiger partial charge is 0.224 e. The Bertz CT molecular complexity index is 665. The molecule has 5 heteroatoms. The van der Waals surface area contributed by atoms with Gasteiger partial charge in [-0.05, 0) is 31.4 Å². The van der Waals surface area contributed by atoms with Crippen LogP contribution in [0.1, 0.15) is 13.8 Å².